The molecule has 1 atom stereocenters. The second kappa shape index (κ2) is 12.4. The molecule has 1 saturated carbocycles. The molecule has 2 aromatic carbocycles. The lowest BCUT2D eigenvalue weighted by Crippen LogP contribution is -2.24. The van der Waals surface area contributed by atoms with Crippen LogP contribution in [0, 0.1) is 0 Å². The number of sulfone groups is 1. The summed E-state index contributed by atoms with van der Waals surface area (Å²) in [6.07, 6.45) is 6.90. The van der Waals surface area contributed by atoms with E-state index in [1.54, 1.807) is 31.4 Å². The zero-order valence-corrected chi connectivity index (χ0v) is 25.3. The van der Waals surface area contributed by atoms with Crippen molar-refractivity contribution in [3.05, 3.63) is 53.7 Å². The number of halogens is 2. The fraction of sp³-hybridized carbons (Fsp3) is 0.407. The van der Waals surface area contributed by atoms with Crippen molar-refractivity contribution in [2.24, 2.45) is 0 Å². The summed E-state index contributed by atoms with van der Waals surface area (Å²) in [5, 5.41) is 6.20. The highest BCUT2D eigenvalue weighted by Crippen LogP contribution is 2.36. The highest BCUT2D eigenvalue weighted by molar-refractivity contribution is 14.1. The van der Waals surface area contributed by atoms with Crippen LogP contribution in [0.1, 0.15) is 38.5 Å². The Hall–Kier alpha value is -2.35. The molecule has 1 saturated heterocycles. The fourth-order valence-corrected chi connectivity index (χ4v) is 7.82. The molecule has 2 N–H and O–H groups in total. The van der Waals surface area contributed by atoms with Gasteiger partial charge in [0, 0.05) is 42.0 Å². The zero-order valence-electron chi connectivity index (χ0n) is 21.6. The van der Waals surface area contributed by atoms with E-state index in [-0.39, 0.29) is 27.2 Å². The van der Waals surface area contributed by atoms with Crippen LogP contribution in [0.25, 0.3) is 0 Å². The van der Waals surface area contributed by atoms with E-state index >= 15 is 0 Å². The number of rotatable bonds is 9. The van der Waals surface area contributed by atoms with Crippen LogP contribution in [0.3, 0.4) is 0 Å². The van der Waals surface area contributed by atoms with Crippen molar-refractivity contribution in [1.82, 2.24) is 13.1 Å². The number of hydrogen-bond donors (Lipinski definition) is 2. The molecule has 0 spiro atoms. The minimum atomic E-state index is -3.51. The van der Waals surface area contributed by atoms with Crippen molar-refractivity contribution in [2.45, 2.75) is 54.8 Å². The summed E-state index contributed by atoms with van der Waals surface area (Å²) in [7, 11) is -1.92. The maximum Gasteiger partial charge on any atom is 0.229 e. The Morgan fingerprint density at radius 1 is 1.05 bits per heavy atom. The van der Waals surface area contributed by atoms with E-state index in [4.69, 9.17) is 21.1 Å². The molecular weight excluding hydrogens is 653 g/mol. The molecule has 39 heavy (non-hydrogen) atoms. The average molecular weight is 684 g/mol. The molecule has 0 bridgehead atoms. The minimum Gasteiger partial charge on any atom is -0.494 e. The molecule has 2 heterocycles. The highest BCUT2D eigenvalue weighted by Gasteiger charge is 2.31. The number of ether oxygens (including phenoxy) is 2. The fourth-order valence-electron chi connectivity index (χ4n) is 4.96. The Morgan fingerprint density at radius 2 is 1.85 bits per heavy atom. The van der Waals surface area contributed by atoms with Gasteiger partial charge in [0.05, 0.1) is 34.8 Å². The molecule has 3 aromatic rings. The third-order valence-corrected chi connectivity index (χ3v) is 10.5. The molecule has 1 aromatic heterocycles. The van der Waals surface area contributed by atoms with Crippen LogP contribution in [0.15, 0.2) is 53.6 Å². The maximum atomic E-state index is 13.5. The van der Waals surface area contributed by atoms with E-state index in [1.807, 2.05) is 18.2 Å². The van der Waals surface area contributed by atoms with E-state index in [2.05, 4.69) is 46.6 Å². The molecule has 208 valence electrons. The number of para-hydroxylation sites is 1. The van der Waals surface area contributed by atoms with Gasteiger partial charge in [-0.3, -0.25) is 0 Å². The van der Waals surface area contributed by atoms with Gasteiger partial charge < -0.3 is 20.1 Å². The van der Waals surface area contributed by atoms with Crippen LogP contribution in [0.4, 0.5) is 23.1 Å². The van der Waals surface area contributed by atoms with Crippen molar-refractivity contribution < 1.29 is 17.9 Å². The van der Waals surface area contributed by atoms with Gasteiger partial charge in [-0.05, 0) is 43.5 Å². The Morgan fingerprint density at radius 3 is 2.59 bits per heavy atom. The first-order valence-electron chi connectivity index (χ1n) is 13.0. The van der Waals surface area contributed by atoms with E-state index in [0.717, 1.165) is 44.5 Å². The number of benzene rings is 2. The minimum absolute atomic E-state index is 0.142. The van der Waals surface area contributed by atoms with Crippen LogP contribution in [0.2, 0.25) is 5.02 Å². The van der Waals surface area contributed by atoms with Crippen molar-refractivity contribution in [3.63, 3.8) is 0 Å². The molecule has 1 aliphatic carbocycles. The molecule has 2 aliphatic rings. The van der Waals surface area contributed by atoms with Crippen molar-refractivity contribution in [3.8, 4) is 11.5 Å². The molecule has 1 aliphatic heterocycles. The summed E-state index contributed by atoms with van der Waals surface area (Å²) >= 11 is 8.73. The van der Waals surface area contributed by atoms with Gasteiger partial charge in [-0.1, -0.05) is 43.0 Å². The van der Waals surface area contributed by atoms with Gasteiger partial charge in [0.2, 0.25) is 5.95 Å². The molecular formula is C27H31ClIN5O4S. The molecule has 9 nitrogen and oxygen atoms in total. The molecule has 0 unspecified atom stereocenters. The first kappa shape index (κ1) is 28.2. The van der Waals surface area contributed by atoms with Crippen LogP contribution < -0.4 is 20.1 Å². The lowest BCUT2D eigenvalue weighted by atomic mass is 10.0. The molecule has 2 fully saturated rings. The van der Waals surface area contributed by atoms with Crippen molar-refractivity contribution in [2.75, 3.05) is 30.8 Å². The Kier molecular flexibility index (Phi) is 8.99. The third-order valence-electron chi connectivity index (χ3n) is 7.00. The topological polar surface area (TPSA) is 106 Å². The Bertz CT molecular complexity index is 1420. The van der Waals surface area contributed by atoms with Gasteiger partial charge in [-0.15, -0.1) is 0 Å². The average Bonchev–Trinajstić information content (AvgIpc) is 3.36. The van der Waals surface area contributed by atoms with Crippen molar-refractivity contribution in [1.29, 1.82) is 0 Å². The van der Waals surface area contributed by atoms with Crippen LogP contribution in [0.5, 0.6) is 11.5 Å². The first-order chi connectivity index (χ1) is 18.8. The number of aromatic nitrogens is 2. The second-order valence-electron chi connectivity index (χ2n) is 9.70. The summed E-state index contributed by atoms with van der Waals surface area (Å²) in [6.45, 7) is 1.88. The van der Waals surface area contributed by atoms with E-state index in [1.165, 1.54) is 6.20 Å². The number of nitrogens with zero attached hydrogens (tertiary/aromatic N) is 3. The predicted molar refractivity (Wildman–Crippen MR) is 162 cm³/mol. The normalized spacial score (nSPS) is 18.6. The summed E-state index contributed by atoms with van der Waals surface area (Å²) in [5.74, 6) is 1.87. The standard InChI is InChI=1S/C27H31ClIN5O4S/c1-37-24-15-18(38-19-13-14-34(29)17-19)11-12-22(24)32-27-30-16-21(28)26(33-27)31-23-9-5-6-10-25(23)39(35,36)20-7-3-2-4-8-20/h5-6,9-12,15-16,19-20H,2-4,7-8,13-14,17H2,1H3,(H2,30,31,32,33)/t19-/m1/s1. The molecule has 0 radical (unpaired) electrons. The van der Waals surface area contributed by atoms with E-state index in [0.29, 0.717) is 35.8 Å². The summed E-state index contributed by atoms with van der Waals surface area (Å²) in [5.41, 5.74) is 1.09. The Labute approximate surface area is 248 Å². The second-order valence-corrected chi connectivity index (χ2v) is 13.7. The largest absolute Gasteiger partial charge is 0.494 e. The van der Waals surface area contributed by atoms with E-state index < -0.39 is 9.84 Å². The zero-order chi connectivity index (χ0) is 27.4. The smallest absolute Gasteiger partial charge is 0.229 e. The van der Waals surface area contributed by atoms with Crippen molar-refractivity contribution >= 4 is 67.4 Å². The van der Waals surface area contributed by atoms with Gasteiger partial charge in [-0.25, -0.2) is 16.5 Å². The number of anilines is 4. The predicted octanol–water partition coefficient (Wildman–Crippen LogP) is 6.54. The summed E-state index contributed by atoms with van der Waals surface area (Å²) < 4.78 is 40.9. The van der Waals surface area contributed by atoms with Gasteiger partial charge in [0.25, 0.3) is 0 Å². The van der Waals surface area contributed by atoms with Gasteiger partial charge >= 0.3 is 0 Å². The molecule has 12 heteroatoms. The van der Waals surface area contributed by atoms with Crippen LogP contribution in [-0.4, -0.2) is 53.1 Å². The van der Waals surface area contributed by atoms with Gasteiger partial charge in [-0.2, -0.15) is 4.98 Å². The molecule has 0 amide bonds. The van der Waals surface area contributed by atoms with Gasteiger partial charge in [0.15, 0.2) is 15.7 Å². The maximum absolute atomic E-state index is 13.5. The highest BCUT2D eigenvalue weighted by atomic mass is 127. The monoisotopic (exact) mass is 683 g/mol. The number of nitrogens with one attached hydrogen (secondary N) is 2. The lowest BCUT2D eigenvalue weighted by molar-refractivity contribution is 0.217. The Balaban J connectivity index is 1.35. The quantitative estimate of drug-likeness (QED) is 0.192. The molecule has 5 rings (SSSR count). The SMILES string of the molecule is COc1cc(O[C@@H]2CCN(I)C2)ccc1Nc1ncc(Cl)c(Nc2ccccc2S(=O)(=O)C2CCCCC2)n1. The summed E-state index contributed by atoms with van der Waals surface area (Å²) in [4.78, 5) is 9.09. The number of methoxy groups -OCH3 is 1. The van der Waals surface area contributed by atoms with Crippen LogP contribution >= 0.6 is 34.5 Å². The van der Waals surface area contributed by atoms with Gasteiger partial charge in [0.1, 0.15) is 22.6 Å². The van der Waals surface area contributed by atoms with Crippen LogP contribution in [-0.2, 0) is 9.84 Å². The first-order valence-corrected chi connectivity index (χ1v) is 15.9. The van der Waals surface area contributed by atoms with E-state index in [9.17, 15) is 8.42 Å². The third kappa shape index (κ3) is 6.69. The summed E-state index contributed by atoms with van der Waals surface area (Å²) in [6, 6.07) is 12.4. The lowest BCUT2D eigenvalue weighted by Gasteiger charge is -2.23. The number of hydrogen-bond acceptors (Lipinski definition) is 9.